The molecule has 11 heteroatoms. The van der Waals surface area contributed by atoms with Crippen LogP contribution in [-0.4, -0.2) is 81.3 Å². The van der Waals surface area contributed by atoms with Gasteiger partial charge in [0.1, 0.15) is 11.6 Å². The fourth-order valence-electron chi connectivity index (χ4n) is 6.09. The number of likely N-dealkylation sites (N-methyl/N-ethyl adjacent to an activating group) is 2. The summed E-state index contributed by atoms with van der Waals surface area (Å²) in [5.74, 6) is -0.785. The molecule has 0 spiro atoms. The molecule has 1 unspecified atom stereocenters. The Hall–Kier alpha value is -5.36. The summed E-state index contributed by atoms with van der Waals surface area (Å²) in [7, 11) is 5.33. The monoisotopic (exact) mass is 662 g/mol. The van der Waals surface area contributed by atoms with Crippen molar-refractivity contribution < 1.29 is 23.5 Å². The Labute approximate surface area is 284 Å². The lowest BCUT2D eigenvalue weighted by Gasteiger charge is -2.32. The van der Waals surface area contributed by atoms with E-state index in [0.29, 0.717) is 57.2 Å². The van der Waals surface area contributed by atoms with E-state index in [9.17, 15) is 18.8 Å². The first-order chi connectivity index (χ1) is 23.6. The van der Waals surface area contributed by atoms with Crippen LogP contribution in [0, 0.1) is 5.82 Å². The van der Waals surface area contributed by atoms with E-state index in [1.807, 2.05) is 30.3 Å². The van der Waals surface area contributed by atoms with Crippen molar-refractivity contribution in [3.63, 3.8) is 0 Å². The second-order valence-electron chi connectivity index (χ2n) is 12.3. The number of carbonyl (C=O) groups is 3. The minimum atomic E-state index is -1.01. The van der Waals surface area contributed by atoms with E-state index in [1.165, 1.54) is 19.2 Å². The number of nitrogens with two attached hydrogens (primary N) is 1. The number of amides is 2. The summed E-state index contributed by atoms with van der Waals surface area (Å²) in [4.78, 5) is 46.1. The van der Waals surface area contributed by atoms with Gasteiger partial charge in [0.25, 0.3) is 5.91 Å². The molecule has 0 aliphatic carbocycles. The van der Waals surface area contributed by atoms with E-state index < -0.39 is 17.8 Å². The van der Waals surface area contributed by atoms with Crippen molar-refractivity contribution in [1.29, 1.82) is 0 Å². The summed E-state index contributed by atoms with van der Waals surface area (Å²) >= 11 is 0. The number of anilines is 3. The van der Waals surface area contributed by atoms with Gasteiger partial charge in [-0.15, -0.1) is 0 Å². The van der Waals surface area contributed by atoms with Crippen molar-refractivity contribution in [3.8, 4) is 5.75 Å². The quantitative estimate of drug-likeness (QED) is 0.163. The minimum Gasteiger partial charge on any atom is -0.496 e. The standard InChI is InChI=1S/C38H39FN6O4/c1-43-17-19-45(20-18-43)23-33(46)44(2)28-14-12-27(13-15-28)41-36(34-29-16-11-26(39)22-31(29)42-38(34)48)25-8-6-7-24(21-25)35(40)37(47)30-9-4-5-10-32(30)49-3/h4-16,21-22,35,41H,17-20,23,40H2,1-3H3,(H,42,48)/b36-34-. The number of hydrogen-bond donors (Lipinski definition) is 3. The molecule has 0 bridgehead atoms. The second-order valence-corrected chi connectivity index (χ2v) is 12.3. The molecule has 1 atom stereocenters. The number of carbonyl (C=O) groups excluding carboxylic acids is 3. The summed E-state index contributed by atoms with van der Waals surface area (Å²) < 4.78 is 19.5. The lowest BCUT2D eigenvalue weighted by molar-refractivity contribution is -0.119. The third-order valence-corrected chi connectivity index (χ3v) is 9.02. The molecule has 4 aromatic rings. The van der Waals surface area contributed by atoms with Crippen LogP contribution in [0.1, 0.15) is 33.1 Å². The number of nitrogens with zero attached hydrogens (tertiary/aromatic N) is 3. The number of methoxy groups -OCH3 is 1. The highest BCUT2D eigenvalue weighted by Gasteiger charge is 2.30. The number of ether oxygens (including phenoxy) is 1. The maximum atomic E-state index is 14.1. The Morgan fingerprint density at radius 3 is 2.45 bits per heavy atom. The third kappa shape index (κ3) is 7.24. The number of piperazine rings is 1. The van der Waals surface area contributed by atoms with E-state index in [0.717, 1.165) is 31.9 Å². The Kier molecular flexibility index (Phi) is 9.86. The molecule has 1 fully saturated rings. The first kappa shape index (κ1) is 33.5. The smallest absolute Gasteiger partial charge is 0.258 e. The van der Waals surface area contributed by atoms with Crippen LogP contribution >= 0.6 is 0 Å². The largest absolute Gasteiger partial charge is 0.496 e. The number of halogens is 1. The van der Waals surface area contributed by atoms with E-state index in [2.05, 4.69) is 27.5 Å². The van der Waals surface area contributed by atoms with Crippen LogP contribution in [0.25, 0.3) is 11.3 Å². The van der Waals surface area contributed by atoms with Crippen molar-refractivity contribution >= 4 is 45.9 Å². The number of Topliss-reactive ketones (excluding diaryl/α,β-unsaturated/α-hetero) is 1. The number of ketones is 1. The molecule has 2 aliphatic rings. The average Bonchev–Trinajstić information content (AvgIpc) is 3.44. The van der Waals surface area contributed by atoms with E-state index >= 15 is 0 Å². The Balaban J connectivity index is 1.31. The lowest BCUT2D eigenvalue weighted by atomic mass is 9.94. The SMILES string of the molecule is COc1ccccc1C(=O)C(N)c1cccc(/C(Nc2ccc(N(C)C(=O)CN3CCN(C)CC3)cc2)=C2/C(=O)Nc3cc(F)ccc32)c1. The molecule has 2 aliphatic heterocycles. The molecule has 10 nitrogen and oxygen atoms in total. The maximum Gasteiger partial charge on any atom is 0.258 e. The first-order valence-electron chi connectivity index (χ1n) is 16.1. The average molecular weight is 663 g/mol. The van der Waals surface area contributed by atoms with Gasteiger partial charge in [-0.2, -0.15) is 0 Å². The number of para-hydroxylation sites is 1. The molecule has 1 saturated heterocycles. The number of rotatable bonds is 10. The van der Waals surface area contributed by atoms with Gasteiger partial charge in [-0.25, -0.2) is 4.39 Å². The molecule has 2 heterocycles. The van der Waals surface area contributed by atoms with Gasteiger partial charge >= 0.3 is 0 Å². The highest BCUT2D eigenvalue weighted by Crippen LogP contribution is 2.38. The van der Waals surface area contributed by atoms with Crippen molar-refractivity contribution in [2.75, 3.05) is 69.5 Å². The van der Waals surface area contributed by atoms with Gasteiger partial charge in [-0.05, 0) is 78.8 Å². The number of fused-ring (bicyclic) bond motifs is 1. The zero-order valence-corrected chi connectivity index (χ0v) is 27.7. The van der Waals surface area contributed by atoms with Gasteiger partial charge in [0.05, 0.1) is 42.2 Å². The van der Waals surface area contributed by atoms with Crippen LogP contribution in [0.4, 0.5) is 21.5 Å². The lowest BCUT2D eigenvalue weighted by Crippen LogP contribution is -2.48. The molecule has 49 heavy (non-hydrogen) atoms. The van der Waals surface area contributed by atoms with Crippen LogP contribution in [0.15, 0.2) is 91.0 Å². The van der Waals surface area contributed by atoms with Crippen molar-refractivity contribution in [1.82, 2.24) is 9.80 Å². The van der Waals surface area contributed by atoms with E-state index in [-0.39, 0.29) is 11.7 Å². The number of hydrogen-bond acceptors (Lipinski definition) is 8. The molecular formula is C38H39FN6O4. The number of nitrogens with one attached hydrogen (secondary N) is 2. The molecular weight excluding hydrogens is 623 g/mol. The maximum absolute atomic E-state index is 14.1. The Morgan fingerprint density at radius 1 is 0.980 bits per heavy atom. The molecule has 0 radical (unpaired) electrons. The van der Waals surface area contributed by atoms with Crippen molar-refractivity contribution in [3.05, 3.63) is 119 Å². The molecule has 6 rings (SSSR count). The number of benzene rings is 4. The summed E-state index contributed by atoms with van der Waals surface area (Å²) in [5, 5.41) is 6.16. The minimum absolute atomic E-state index is 0.00430. The van der Waals surface area contributed by atoms with Crippen molar-refractivity contribution in [2.45, 2.75) is 6.04 Å². The summed E-state index contributed by atoms with van der Waals surface area (Å²) in [6, 6.07) is 24.5. The summed E-state index contributed by atoms with van der Waals surface area (Å²) in [6.45, 7) is 3.90. The topological polar surface area (TPSA) is 120 Å². The van der Waals surface area contributed by atoms with Gasteiger partial charge in [0.2, 0.25) is 5.91 Å². The fraction of sp³-hybridized carbons (Fsp3) is 0.237. The van der Waals surface area contributed by atoms with Gasteiger partial charge in [0.15, 0.2) is 5.78 Å². The van der Waals surface area contributed by atoms with E-state index in [4.69, 9.17) is 10.5 Å². The van der Waals surface area contributed by atoms with Gasteiger partial charge in [0, 0.05) is 50.2 Å². The van der Waals surface area contributed by atoms with Crippen LogP contribution in [0.2, 0.25) is 0 Å². The molecule has 4 aromatic carbocycles. The molecule has 2 amide bonds. The fourth-order valence-corrected chi connectivity index (χ4v) is 6.09. The summed E-state index contributed by atoms with van der Waals surface area (Å²) in [6.07, 6.45) is 0. The first-order valence-corrected chi connectivity index (χ1v) is 16.1. The Bertz CT molecular complexity index is 1920. The van der Waals surface area contributed by atoms with Gasteiger partial charge in [-0.1, -0.05) is 30.3 Å². The van der Waals surface area contributed by atoms with Crippen LogP contribution in [-0.2, 0) is 9.59 Å². The van der Waals surface area contributed by atoms with Gasteiger partial charge in [-0.3, -0.25) is 19.3 Å². The molecule has 0 saturated carbocycles. The van der Waals surface area contributed by atoms with Crippen LogP contribution < -0.4 is 26.0 Å². The van der Waals surface area contributed by atoms with Crippen LogP contribution in [0.3, 0.4) is 0 Å². The van der Waals surface area contributed by atoms with E-state index in [1.54, 1.807) is 60.5 Å². The van der Waals surface area contributed by atoms with Crippen LogP contribution in [0.5, 0.6) is 5.75 Å². The molecule has 252 valence electrons. The third-order valence-electron chi connectivity index (χ3n) is 9.02. The van der Waals surface area contributed by atoms with Gasteiger partial charge < -0.3 is 30.9 Å². The Morgan fingerprint density at radius 2 is 1.71 bits per heavy atom. The normalized spacial score (nSPS) is 16.4. The predicted octanol–water partition coefficient (Wildman–Crippen LogP) is 4.86. The molecule has 4 N–H and O–H groups in total. The predicted molar refractivity (Wildman–Crippen MR) is 190 cm³/mol. The highest BCUT2D eigenvalue weighted by atomic mass is 19.1. The molecule has 0 aromatic heterocycles. The summed E-state index contributed by atoms with van der Waals surface area (Å²) in [5.41, 5.74) is 11.0. The zero-order chi connectivity index (χ0) is 34.7. The highest BCUT2D eigenvalue weighted by molar-refractivity contribution is 6.37. The second kappa shape index (κ2) is 14.4. The zero-order valence-electron chi connectivity index (χ0n) is 27.7. The van der Waals surface area contributed by atoms with Crippen molar-refractivity contribution in [2.24, 2.45) is 5.73 Å².